The van der Waals surface area contributed by atoms with Crippen LogP contribution in [0.1, 0.15) is 21.7 Å². The maximum Gasteiger partial charge on any atom is 0.254 e. The predicted molar refractivity (Wildman–Crippen MR) is 90.2 cm³/mol. The summed E-state index contributed by atoms with van der Waals surface area (Å²) in [6.45, 7) is 2.98. The highest BCUT2D eigenvalue weighted by Gasteiger charge is 2.26. The van der Waals surface area contributed by atoms with E-state index in [1.165, 1.54) is 0 Å². The highest BCUT2D eigenvalue weighted by atomic mass is 16.2. The van der Waals surface area contributed by atoms with Crippen LogP contribution in [0.5, 0.6) is 0 Å². The van der Waals surface area contributed by atoms with Crippen molar-refractivity contribution in [3.63, 3.8) is 0 Å². The van der Waals surface area contributed by atoms with Crippen LogP contribution >= 0.6 is 0 Å². The summed E-state index contributed by atoms with van der Waals surface area (Å²) in [5, 5.41) is 8.90. The van der Waals surface area contributed by atoms with Crippen LogP contribution < -0.4 is 0 Å². The first-order chi connectivity index (χ1) is 11.6. The molecule has 2 aromatic rings. The Labute approximate surface area is 141 Å². The zero-order chi connectivity index (χ0) is 17.1. The summed E-state index contributed by atoms with van der Waals surface area (Å²) in [4.78, 5) is 21.3. The zero-order valence-corrected chi connectivity index (χ0v) is 14.0. The fourth-order valence-electron chi connectivity index (χ4n) is 3.20. The van der Waals surface area contributed by atoms with Crippen molar-refractivity contribution in [2.45, 2.75) is 13.1 Å². The number of carbonyl (C=O) groups excluding carboxylic acids is 1. The number of rotatable bonds is 3. The van der Waals surface area contributed by atoms with E-state index in [1.807, 2.05) is 25.2 Å². The number of nitrogens with zero attached hydrogens (tertiary/aromatic N) is 5. The van der Waals surface area contributed by atoms with Gasteiger partial charge in [0.2, 0.25) is 0 Å². The van der Waals surface area contributed by atoms with Crippen LogP contribution in [0.25, 0.3) is 0 Å². The Balaban J connectivity index is 1.84. The molecule has 1 aromatic heterocycles. The van der Waals surface area contributed by atoms with Crippen molar-refractivity contribution < 1.29 is 4.79 Å². The fourth-order valence-corrected chi connectivity index (χ4v) is 3.20. The van der Waals surface area contributed by atoms with Crippen molar-refractivity contribution in [2.24, 2.45) is 5.92 Å². The summed E-state index contributed by atoms with van der Waals surface area (Å²) < 4.78 is 2.14. The molecule has 0 aliphatic carbocycles. The third kappa shape index (κ3) is 3.47. The lowest BCUT2D eigenvalue weighted by molar-refractivity contribution is 0.0710. The molecule has 3 rings (SSSR count). The van der Waals surface area contributed by atoms with Gasteiger partial charge in [0.05, 0.1) is 18.2 Å². The van der Waals surface area contributed by atoms with Crippen molar-refractivity contribution in [3.8, 4) is 6.07 Å². The molecule has 0 spiro atoms. The number of aromatic nitrogens is 2. The standard InChI is InChI=1S/C18H21N5O/c1-21(2)10-15-11-22-8-7-20-17(22)13-23(12-15)18(24)16-5-3-14(9-19)4-6-16/h3-8,15H,10-13H2,1-2H3/t15-/m1/s1. The highest BCUT2D eigenvalue weighted by molar-refractivity contribution is 5.94. The van der Waals surface area contributed by atoms with Crippen LogP contribution in [-0.2, 0) is 13.1 Å². The van der Waals surface area contributed by atoms with Crippen molar-refractivity contribution in [1.82, 2.24) is 19.4 Å². The van der Waals surface area contributed by atoms with E-state index in [2.05, 4.69) is 20.5 Å². The van der Waals surface area contributed by atoms with E-state index in [-0.39, 0.29) is 5.91 Å². The number of carbonyl (C=O) groups is 1. The number of hydrogen-bond acceptors (Lipinski definition) is 4. The lowest BCUT2D eigenvalue weighted by Gasteiger charge is -2.26. The van der Waals surface area contributed by atoms with Gasteiger partial charge in [0.1, 0.15) is 5.82 Å². The summed E-state index contributed by atoms with van der Waals surface area (Å²) in [5.74, 6) is 1.25. The quantitative estimate of drug-likeness (QED) is 0.860. The van der Waals surface area contributed by atoms with Crippen LogP contribution in [-0.4, -0.2) is 52.4 Å². The Kier molecular flexibility index (Phi) is 4.63. The molecule has 0 bridgehead atoms. The maximum atomic E-state index is 12.9. The third-order valence-corrected chi connectivity index (χ3v) is 4.24. The fraction of sp³-hybridized carbons (Fsp3) is 0.389. The minimum Gasteiger partial charge on any atom is -0.333 e. The summed E-state index contributed by atoms with van der Waals surface area (Å²) in [5.41, 5.74) is 1.17. The van der Waals surface area contributed by atoms with Gasteiger partial charge in [-0.3, -0.25) is 4.79 Å². The van der Waals surface area contributed by atoms with Gasteiger partial charge in [-0.05, 0) is 38.4 Å². The van der Waals surface area contributed by atoms with Gasteiger partial charge in [-0.25, -0.2) is 4.98 Å². The van der Waals surface area contributed by atoms with Crippen molar-refractivity contribution >= 4 is 5.91 Å². The molecule has 6 heteroatoms. The van der Waals surface area contributed by atoms with Gasteiger partial charge in [-0.15, -0.1) is 0 Å². The molecule has 124 valence electrons. The van der Waals surface area contributed by atoms with Crippen LogP contribution in [0, 0.1) is 17.2 Å². The molecular weight excluding hydrogens is 302 g/mol. The van der Waals surface area contributed by atoms with Gasteiger partial charge < -0.3 is 14.4 Å². The minimum atomic E-state index is -0.0142. The molecule has 1 aliphatic rings. The van der Waals surface area contributed by atoms with Crippen LogP contribution in [0.4, 0.5) is 0 Å². The summed E-state index contributed by atoms with van der Waals surface area (Å²) >= 11 is 0. The molecular formula is C18H21N5O. The van der Waals surface area contributed by atoms with Gasteiger partial charge in [-0.2, -0.15) is 5.26 Å². The van der Waals surface area contributed by atoms with E-state index in [0.29, 0.717) is 30.1 Å². The van der Waals surface area contributed by atoms with Crippen molar-refractivity contribution in [3.05, 3.63) is 53.6 Å². The molecule has 0 radical (unpaired) electrons. The average Bonchev–Trinajstić information content (AvgIpc) is 2.92. The van der Waals surface area contributed by atoms with E-state index >= 15 is 0 Å². The second-order valence-electron chi connectivity index (χ2n) is 6.50. The van der Waals surface area contributed by atoms with Gasteiger partial charge >= 0.3 is 0 Å². The Morgan fingerprint density at radius 2 is 2.08 bits per heavy atom. The number of fused-ring (bicyclic) bond motifs is 1. The molecule has 2 heterocycles. The predicted octanol–water partition coefficient (Wildman–Crippen LogP) is 1.59. The smallest absolute Gasteiger partial charge is 0.254 e. The molecule has 1 aliphatic heterocycles. The summed E-state index contributed by atoms with van der Waals surface area (Å²) in [6, 6.07) is 8.89. The van der Waals surface area contributed by atoms with E-state index in [1.54, 1.807) is 30.5 Å². The Bertz CT molecular complexity index is 756. The van der Waals surface area contributed by atoms with Gasteiger partial charge in [0.25, 0.3) is 5.91 Å². The number of amides is 1. The minimum absolute atomic E-state index is 0.0142. The first kappa shape index (κ1) is 16.2. The number of hydrogen-bond donors (Lipinski definition) is 0. The second-order valence-corrected chi connectivity index (χ2v) is 6.50. The normalized spacial score (nSPS) is 17.2. The highest BCUT2D eigenvalue weighted by Crippen LogP contribution is 2.18. The lowest BCUT2D eigenvalue weighted by atomic mass is 10.1. The van der Waals surface area contributed by atoms with E-state index in [4.69, 9.17) is 5.26 Å². The van der Waals surface area contributed by atoms with Gasteiger partial charge in [0, 0.05) is 43.5 Å². The SMILES string of the molecule is CN(C)C[C@H]1CN(C(=O)c2ccc(C#N)cc2)Cc2nccn2C1. The Hall–Kier alpha value is -2.65. The molecule has 0 saturated carbocycles. The molecule has 0 N–H and O–H groups in total. The summed E-state index contributed by atoms with van der Waals surface area (Å²) in [7, 11) is 4.10. The largest absolute Gasteiger partial charge is 0.333 e. The van der Waals surface area contributed by atoms with Gasteiger partial charge in [-0.1, -0.05) is 0 Å². The third-order valence-electron chi connectivity index (χ3n) is 4.24. The average molecular weight is 323 g/mol. The monoisotopic (exact) mass is 323 g/mol. The molecule has 1 amide bonds. The summed E-state index contributed by atoms with van der Waals surface area (Å²) in [6.07, 6.45) is 3.77. The van der Waals surface area contributed by atoms with Crippen LogP contribution in [0.2, 0.25) is 0 Å². The van der Waals surface area contributed by atoms with Crippen LogP contribution in [0.3, 0.4) is 0 Å². The van der Waals surface area contributed by atoms with E-state index < -0.39 is 0 Å². The maximum absolute atomic E-state index is 12.9. The number of imidazole rings is 1. The number of benzene rings is 1. The van der Waals surface area contributed by atoms with E-state index in [0.717, 1.165) is 18.9 Å². The van der Waals surface area contributed by atoms with Gasteiger partial charge in [0.15, 0.2) is 0 Å². The lowest BCUT2D eigenvalue weighted by Crippen LogP contribution is -2.37. The molecule has 0 unspecified atom stereocenters. The molecule has 1 atom stereocenters. The number of nitriles is 1. The van der Waals surface area contributed by atoms with E-state index in [9.17, 15) is 4.79 Å². The topological polar surface area (TPSA) is 65.2 Å². The second kappa shape index (κ2) is 6.85. The molecule has 1 aromatic carbocycles. The first-order valence-electron chi connectivity index (χ1n) is 8.01. The molecule has 24 heavy (non-hydrogen) atoms. The molecule has 0 saturated heterocycles. The Morgan fingerprint density at radius 1 is 1.33 bits per heavy atom. The molecule has 6 nitrogen and oxygen atoms in total. The molecule has 0 fully saturated rings. The first-order valence-corrected chi connectivity index (χ1v) is 8.01. The Morgan fingerprint density at radius 3 is 2.75 bits per heavy atom. The van der Waals surface area contributed by atoms with Crippen molar-refractivity contribution in [1.29, 1.82) is 5.26 Å². The van der Waals surface area contributed by atoms with Crippen LogP contribution in [0.15, 0.2) is 36.7 Å². The zero-order valence-electron chi connectivity index (χ0n) is 14.0. The van der Waals surface area contributed by atoms with Crippen molar-refractivity contribution in [2.75, 3.05) is 27.2 Å².